The van der Waals surface area contributed by atoms with Crippen molar-refractivity contribution in [3.63, 3.8) is 0 Å². The van der Waals surface area contributed by atoms with Crippen LogP contribution in [0.5, 0.6) is 11.5 Å². The molecule has 0 aliphatic carbocycles. The van der Waals surface area contributed by atoms with E-state index >= 15 is 0 Å². The van der Waals surface area contributed by atoms with E-state index in [9.17, 15) is 0 Å². The van der Waals surface area contributed by atoms with E-state index in [4.69, 9.17) is 23.7 Å². The Kier molecular flexibility index (Phi) is 7.80. The lowest BCUT2D eigenvalue weighted by atomic mass is 10.1. The average Bonchev–Trinajstić information content (AvgIpc) is 2.54. The highest BCUT2D eigenvalue weighted by atomic mass is 16.6. The maximum Gasteiger partial charge on any atom is 0.161 e. The summed E-state index contributed by atoms with van der Waals surface area (Å²) >= 11 is 0. The van der Waals surface area contributed by atoms with E-state index in [2.05, 4.69) is 6.58 Å². The monoisotopic (exact) mass is 308 g/mol. The number of hydrogen-bond acceptors (Lipinski definition) is 5. The third-order valence-corrected chi connectivity index (χ3v) is 3.10. The second-order valence-electron chi connectivity index (χ2n) is 4.81. The fourth-order valence-corrected chi connectivity index (χ4v) is 2.04. The fourth-order valence-electron chi connectivity index (χ4n) is 2.04. The summed E-state index contributed by atoms with van der Waals surface area (Å²) in [5.41, 5.74) is 1.14. The van der Waals surface area contributed by atoms with Crippen molar-refractivity contribution in [3.8, 4) is 11.5 Å². The van der Waals surface area contributed by atoms with Crippen LogP contribution < -0.4 is 9.47 Å². The van der Waals surface area contributed by atoms with Gasteiger partial charge in [0.1, 0.15) is 13.2 Å². The lowest BCUT2D eigenvalue weighted by Gasteiger charge is -2.14. The molecule has 0 atom stereocenters. The molecule has 1 heterocycles. The minimum Gasteiger partial charge on any atom is -0.487 e. The second-order valence-corrected chi connectivity index (χ2v) is 4.81. The molecule has 2 rings (SSSR count). The van der Waals surface area contributed by atoms with E-state index in [-0.39, 0.29) is 0 Å². The normalized spacial score (nSPS) is 18.0. The van der Waals surface area contributed by atoms with Gasteiger partial charge in [-0.25, -0.2) is 0 Å². The summed E-state index contributed by atoms with van der Waals surface area (Å²) in [4.78, 5) is 0. The molecule has 1 aliphatic rings. The van der Waals surface area contributed by atoms with E-state index < -0.39 is 0 Å². The molecule has 1 aromatic carbocycles. The first-order valence-corrected chi connectivity index (χ1v) is 7.63. The Bertz CT molecular complexity index is 447. The topological polar surface area (TPSA) is 46.2 Å². The Labute approximate surface area is 131 Å². The maximum atomic E-state index is 5.78. The highest BCUT2D eigenvalue weighted by Gasteiger charge is 2.07. The summed E-state index contributed by atoms with van der Waals surface area (Å²) in [6.45, 7) is 8.02. The van der Waals surface area contributed by atoms with Gasteiger partial charge in [0.15, 0.2) is 11.5 Å². The van der Waals surface area contributed by atoms with Gasteiger partial charge < -0.3 is 23.7 Å². The van der Waals surface area contributed by atoms with E-state index in [1.54, 1.807) is 0 Å². The van der Waals surface area contributed by atoms with E-state index in [0.717, 1.165) is 23.5 Å². The van der Waals surface area contributed by atoms with Gasteiger partial charge >= 0.3 is 0 Å². The minimum atomic E-state index is 0.477. The van der Waals surface area contributed by atoms with Crippen LogP contribution >= 0.6 is 0 Å². The molecule has 0 saturated carbocycles. The molecule has 22 heavy (non-hydrogen) atoms. The summed E-state index contributed by atoms with van der Waals surface area (Å²) in [6, 6.07) is 5.93. The Hall–Kier alpha value is -1.56. The van der Waals surface area contributed by atoms with Gasteiger partial charge in [-0.1, -0.05) is 12.1 Å². The molecule has 5 heteroatoms. The van der Waals surface area contributed by atoms with Crippen LogP contribution in [0.1, 0.15) is 5.56 Å². The van der Waals surface area contributed by atoms with Crippen LogP contribution in [0.2, 0.25) is 0 Å². The van der Waals surface area contributed by atoms with Gasteiger partial charge in [0.25, 0.3) is 0 Å². The molecule has 1 aromatic rings. The predicted octanol–water partition coefficient (Wildman–Crippen LogP) is 2.24. The van der Waals surface area contributed by atoms with Gasteiger partial charge in [-0.2, -0.15) is 0 Å². The molecule has 0 fully saturated rings. The zero-order valence-electron chi connectivity index (χ0n) is 12.9. The van der Waals surface area contributed by atoms with Crippen LogP contribution in [0.25, 0.3) is 0 Å². The summed E-state index contributed by atoms with van der Waals surface area (Å²) < 4.78 is 27.8. The first kappa shape index (κ1) is 16.8. The molecular formula is C17H24O5. The minimum absolute atomic E-state index is 0.477. The zero-order chi connectivity index (χ0) is 15.5. The Morgan fingerprint density at radius 1 is 0.773 bits per heavy atom. The van der Waals surface area contributed by atoms with Gasteiger partial charge in [0.05, 0.1) is 39.6 Å². The van der Waals surface area contributed by atoms with Crippen LogP contribution in [0, 0.1) is 0 Å². The quantitative estimate of drug-likeness (QED) is 0.784. The average molecular weight is 308 g/mol. The van der Waals surface area contributed by atoms with Gasteiger partial charge in [0.2, 0.25) is 0 Å². The van der Waals surface area contributed by atoms with Crippen LogP contribution in [0.4, 0.5) is 0 Å². The molecule has 0 aromatic heterocycles. The van der Waals surface area contributed by atoms with Crippen LogP contribution in [0.3, 0.4) is 0 Å². The molecule has 1 aliphatic heterocycles. The summed E-state index contributed by atoms with van der Waals surface area (Å²) in [7, 11) is 0. The van der Waals surface area contributed by atoms with Gasteiger partial charge in [-0.3, -0.25) is 0 Å². The summed E-state index contributed by atoms with van der Waals surface area (Å²) in [5, 5.41) is 0. The van der Waals surface area contributed by atoms with E-state index in [0.29, 0.717) is 52.9 Å². The maximum absolute atomic E-state index is 5.78. The first-order chi connectivity index (χ1) is 10.9. The SMILES string of the molecule is C=CCc1ccc2c(c1)OCCOCCOCCOCCO2. The lowest BCUT2D eigenvalue weighted by molar-refractivity contribution is 0.00708. The fraction of sp³-hybridized carbons (Fsp3) is 0.529. The molecule has 0 saturated heterocycles. The summed E-state index contributed by atoms with van der Waals surface area (Å²) in [6.07, 6.45) is 2.67. The Balaban J connectivity index is 1.99. The number of benzene rings is 1. The third kappa shape index (κ3) is 6.05. The predicted molar refractivity (Wildman–Crippen MR) is 83.8 cm³/mol. The van der Waals surface area contributed by atoms with Gasteiger partial charge in [-0.05, 0) is 24.1 Å². The number of fused-ring (bicyclic) bond motifs is 1. The van der Waals surface area contributed by atoms with E-state index in [1.807, 2.05) is 24.3 Å². The van der Waals surface area contributed by atoms with Crippen molar-refractivity contribution in [2.75, 3.05) is 52.9 Å². The molecule has 0 unspecified atom stereocenters. The van der Waals surface area contributed by atoms with Crippen LogP contribution in [0.15, 0.2) is 30.9 Å². The van der Waals surface area contributed by atoms with Crippen molar-refractivity contribution in [1.29, 1.82) is 0 Å². The van der Waals surface area contributed by atoms with Crippen molar-refractivity contribution in [2.45, 2.75) is 6.42 Å². The van der Waals surface area contributed by atoms with Crippen molar-refractivity contribution < 1.29 is 23.7 Å². The van der Waals surface area contributed by atoms with Crippen molar-refractivity contribution in [3.05, 3.63) is 36.4 Å². The summed E-state index contributed by atoms with van der Waals surface area (Å²) in [5.74, 6) is 1.46. The van der Waals surface area contributed by atoms with Crippen LogP contribution in [-0.2, 0) is 20.6 Å². The number of ether oxygens (including phenoxy) is 5. The largest absolute Gasteiger partial charge is 0.487 e. The third-order valence-electron chi connectivity index (χ3n) is 3.10. The number of allylic oxidation sites excluding steroid dienone is 1. The zero-order valence-corrected chi connectivity index (χ0v) is 12.9. The molecule has 0 bridgehead atoms. The Morgan fingerprint density at radius 2 is 1.32 bits per heavy atom. The van der Waals surface area contributed by atoms with Gasteiger partial charge in [0, 0.05) is 0 Å². The highest BCUT2D eigenvalue weighted by Crippen LogP contribution is 2.28. The molecule has 122 valence electrons. The number of rotatable bonds is 2. The highest BCUT2D eigenvalue weighted by molar-refractivity contribution is 5.43. The van der Waals surface area contributed by atoms with Crippen molar-refractivity contribution >= 4 is 0 Å². The van der Waals surface area contributed by atoms with Gasteiger partial charge in [-0.15, -0.1) is 6.58 Å². The molecule has 5 nitrogen and oxygen atoms in total. The second kappa shape index (κ2) is 10.2. The lowest BCUT2D eigenvalue weighted by Crippen LogP contribution is -2.13. The first-order valence-electron chi connectivity index (χ1n) is 7.63. The molecule has 0 spiro atoms. The standard InChI is InChI=1S/C17H24O5/c1-2-3-15-4-5-16-17(14-15)22-13-11-20-9-7-18-6-8-19-10-12-21-16/h2,4-5,14H,1,3,6-13H2. The van der Waals surface area contributed by atoms with Crippen molar-refractivity contribution in [1.82, 2.24) is 0 Å². The number of hydrogen-bond donors (Lipinski definition) is 0. The molecule has 0 N–H and O–H groups in total. The Morgan fingerprint density at radius 3 is 1.91 bits per heavy atom. The van der Waals surface area contributed by atoms with Crippen molar-refractivity contribution in [2.24, 2.45) is 0 Å². The van der Waals surface area contributed by atoms with Crippen LogP contribution in [-0.4, -0.2) is 52.9 Å². The molecule has 0 radical (unpaired) electrons. The molecule has 0 amide bonds. The van der Waals surface area contributed by atoms with E-state index in [1.165, 1.54) is 0 Å². The molecular weight excluding hydrogens is 284 g/mol. The smallest absolute Gasteiger partial charge is 0.161 e.